The van der Waals surface area contributed by atoms with Crippen molar-refractivity contribution in [3.05, 3.63) is 10.7 Å². The van der Waals surface area contributed by atoms with Crippen LogP contribution in [-0.4, -0.2) is 9.78 Å². The first-order chi connectivity index (χ1) is 5.75. The van der Waals surface area contributed by atoms with Gasteiger partial charge >= 0.3 is 0 Å². The van der Waals surface area contributed by atoms with Crippen LogP contribution in [0.15, 0.2) is 10.7 Å². The van der Waals surface area contributed by atoms with E-state index in [0.29, 0.717) is 5.82 Å². The molecule has 4 heteroatoms. The minimum absolute atomic E-state index is 0.589. The molecule has 2 rings (SSSR count). The van der Waals surface area contributed by atoms with E-state index in [4.69, 9.17) is 5.73 Å². The van der Waals surface area contributed by atoms with Crippen molar-refractivity contribution in [1.82, 2.24) is 9.78 Å². The lowest BCUT2D eigenvalue weighted by Gasteiger charge is -1.97. The lowest BCUT2D eigenvalue weighted by atomic mass is 10.3. The largest absolute Gasteiger partial charge is 0.381 e. The standard InChI is InChI=1S/C8H12BrN3/c9-7-5-12(11-8(7)10)4-3-6-1-2-6/h5-6H,1-4H2,(H2,10,11). The molecule has 1 aromatic heterocycles. The topological polar surface area (TPSA) is 43.8 Å². The molecule has 0 aliphatic heterocycles. The molecule has 0 saturated heterocycles. The molecule has 0 bridgehead atoms. The summed E-state index contributed by atoms with van der Waals surface area (Å²) in [4.78, 5) is 0. The van der Waals surface area contributed by atoms with Gasteiger partial charge in [-0.25, -0.2) is 0 Å². The summed E-state index contributed by atoms with van der Waals surface area (Å²) < 4.78 is 2.82. The number of nitrogen functional groups attached to an aromatic ring is 1. The number of halogens is 1. The average Bonchev–Trinajstić information content (AvgIpc) is 2.78. The van der Waals surface area contributed by atoms with Gasteiger partial charge < -0.3 is 5.73 Å². The summed E-state index contributed by atoms with van der Waals surface area (Å²) in [5.74, 6) is 1.54. The summed E-state index contributed by atoms with van der Waals surface area (Å²) in [5, 5.41) is 4.16. The van der Waals surface area contributed by atoms with Gasteiger partial charge in [0.05, 0.1) is 4.47 Å². The van der Waals surface area contributed by atoms with E-state index < -0.39 is 0 Å². The Balaban J connectivity index is 1.93. The van der Waals surface area contributed by atoms with Gasteiger partial charge in [0.15, 0.2) is 5.82 Å². The summed E-state index contributed by atoms with van der Waals surface area (Å²) >= 11 is 3.33. The van der Waals surface area contributed by atoms with Gasteiger partial charge in [0.2, 0.25) is 0 Å². The maximum atomic E-state index is 5.58. The SMILES string of the molecule is Nc1nn(CCC2CC2)cc1Br. The van der Waals surface area contributed by atoms with Crippen molar-refractivity contribution in [3.8, 4) is 0 Å². The molecular formula is C8H12BrN3. The van der Waals surface area contributed by atoms with Crippen molar-refractivity contribution in [2.75, 3.05) is 5.73 Å². The number of nitrogens with two attached hydrogens (primary N) is 1. The van der Waals surface area contributed by atoms with Gasteiger partial charge in [0.25, 0.3) is 0 Å². The van der Waals surface area contributed by atoms with Crippen LogP contribution in [0.2, 0.25) is 0 Å². The Labute approximate surface area is 80.1 Å². The lowest BCUT2D eigenvalue weighted by molar-refractivity contribution is 0.548. The van der Waals surface area contributed by atoms with Crippen LogP contribution in [0.4, 0.5) is 5.82 Å². The Kier molecular flexibility index (Phi) is 2.09. The van der Waals surface area contributed by atoms with Crippen LogP contribution in [0.1, 0.15) is 19.3 Å². The number of aryl methyl sites for hydroxylation is 1. The fourth-order valence-corrected chi connectivity index (χ4v) is 1.56. The summed E-state index contributed by atoms with van der Waals surface area (Å²) in [7, 11) is 0. The first-order valence-corrected chi connectivity index (χ1v) is 5.03. The van der Waals surface area contributed by atoms with Crippen LogP contribution >= 0.6 is 15.9 Å². The van der Waals surface area contributed by atoms with Crippen LogP contribution in [-0.2, 0) is 6.54 Å². The molecule has 0 spiro atoms. The molecule has 3 nitrogen and oxygen atoms in total. The molecule has 2 N–H and O–H groups in total. The molecule has 0 unspecified atom stereocenters. The Bertz CT molecular complexity index is 258. The summed E-state index contributed by atoms with van der Waals surface area (Å²) in [6, 6.07) is 0. The molecule has 1 saturated carbocycles. The van der Waals surface area contributed by atoms with E-state index in [1.165, 1.54) is 19.3 Å². The van der Waals surface area contributed by atoms with Crippen molar-refractivity contribution in [2.24, 2.45) is 5.92 Å². The second-order valence-electron chi connectivity index (χ2n) is 3.36. The first kappa shape index (κ1) is 8.10. The highest BCUT2D eigenvalue weighted by atomic mass is 79.9. The number of nitrogens with zero attached hydrogens (tertiary/aromatic N) is 2. The molecule has 1 heterocycles. The van der Waals surface area contributed by atoms with Crippen LogP contribution < -0.4 is 5.73 Å². The Morgan fingerprint density at radius 3 is 2.92 bits per heavy atom. The second kappa shape index (κ2) is 3.09. The predicted molar refractivity (Wildman–Crippen MR) is 51.7 cm³/mol. The van der Waals surface area contributed by atoms with Crippen molar-refractivity contribution < 1.29 is 0 Å². The van der Waals surface area contributed by atoms with Gasteiger partial charge in [0, 0.05) is 12.7 Å². The molecular weight excluding hydrogens is 218 g/mol. The van der Waals surface area contributed by atoms with Gasteiger partial charge in [-0.3, -0.25) is 4.68 Å². The third-order valence-corrected chi connectivity index (χ3v) is 2.82. The minimum Gasteiger partial charge on any atom is -0.381 e. The van der Waals surface area contributed by atoms with Crippen molar-refractivity contribution in [2.45, 2.75) is 25.8 Å². The zero-order chi connectivity index (χ0) is 8.55. The molecule has 0 atom stereocenters. The van der Waals surface area contributed by atoms with Crippen molar-refractivity contribution >= 4 is 21.7 Å². The normalized spacial score (nSPS) is 16.8. The summed E-state index contributed by atoms with van der Waals surface area (Å²) in [6.07, 6.45) is 5.99. The molecule has 66 valence electrons. The van der Waals surface area contributed by atoms with E-state index in [1.807, 2.05) is 10.9 Å². The van der Waals surface area contributed by atoms with Crippen molar-refractivity contribution in [3.63, 3.8) is 0 Å². The fraction of sp³-hybridized carbons (Fsp3) is 0.625. The second-order valence-corrected chi connectivity index (χ2v) is 4.21. The maximum Gasteiger partial charge on any atom is 0.159 e. The first-order valence-electron chi connectivity index (χ1n) is 4.24. The molecule has 1 aromatic rings. The molecule has 12 heavy (non-hydrogen) atoms. The number of aromatic nitrogens is 2. The van der Waals surface area contributed by atoms with E-state index in [1.54, 1.807) is 0 Å². The smallest absolute Gasteiger partial charge is 0.159 e. The van der Waals surface area contributed by atoms with Gasteiger partial charge in [-0.2, -0.15) is 5.10 Å². The highest BCUT2D eigenvalue weighted by Crippen LogP contribution is 2.32. The molecule has 1 aliphatic rings. The van der Waals surface area contributed by atoms with Gasteiger partial charge in [-0.15, -0.1) is 0 Å². The minimum atomic E-state index is 0.589. The molecule has 1 aliphatic carbocycles. The third-order valence-electron chi connectivity index (χ3n) is 2.21. The Morgan fingerprint density at radius 2 is 2.42 bits per heavy atom. The summed E-state index contributed by atoms with van der Waals surface area (Å²) in [5.41, 5.74) is 5.58. The fourth-order valence-electron chi connectivity index (χ4n) is 1.25. The quantitative estimate of drug-likeness (QED) is 0.863. The van der Waals surface area contributed by atoms with E-state index in [0.717, 1.165) is 16.9 Å². The van der Waals surface area contributed by atoms with E-state index >= 15 is 0 Å². The van der Waals surface area contributed by atoms with Gasteiger partial charge in [-0.1, -0.05) is 12.8 Å². The van der Waals surface area contributed by atoms with Crippen LogP contribution in [0.5, 0.6) is 0 Å². The number of rotatable bonds is 3. The molecule has 0 aromatic carbocycles. The van der Waals surface area contributed by atoms with Gasteiger partial charge in [-0.05, 0) is 28.3 Å². The zero-order valence-electron chi connectivity index (χ0n) is 6.83. The van der Waals surface area contributed by atoms with E-state index in [2.05, 4.69) is 21.0 Å². The lowest BCUT2D eigenvalue weighted by Crippen LogP contribution is -2.00. The van der Waals surface area contributed by atoms with Gasteiger partial charge in [0.1, 0.15) is 0 Å². The average molecular weight is 230 g/mol. The van der Waals surface area contributed by atoms with E-state index in [-0.39, 0.29) is 0 Å². The maximum absolute atomic E-state index is 5.58. The Morgan fingerprint density at radius 1 is 1.67 bits per heavy atom. The molecule has 1 fully saturated rings. The van der Waals surface area contributed by atoms with Crippen LogP contribution in [0, 0.1) is 5.92 Å². The number of hydrogen-bond acceptors (Lipinski definition) is 2. The summed E-state index contributed by atoms with van der Waals surface area (Å²) in [6.45, 7) is 1.00. The number of hydrogen-bond donors (Lipinski definition) is 1. The van der Waals surface area contributed by atoms with Crippen LogP contribution in [0.3, 0.4) is 0 Å². The molecule has 0 amide bonds. The Hall–Kier alpha value is -0.510. The monoisotopic (exact) mass is 229 g/mol. The number of anilines is 1. The predicted octanol–water partition coefficient (Wildman–Crippen LogP) is 2.03. The zero-order valence-corrected chi connectivity index (χ0v) is 8.42. The third kappa shape index (κ3) is 1.80. The van der Waals surface area contributed by atoms with E-state index in [9.17, 15) is 0 Å². The molecule has 0 radical (unpaired) electrons. The van der Waals surface area contributed by atoms with Crippen LogP contribution in [0.25, 0.3) is 0 Å². The van der Waals surface area contributed by atoms with Crippen molar-refractivity contribution in [1.29, 1.82) is 0 Å². The highest BCUT2D eigenvalue weighted by molar-refractivity contribution is 9.10. The highest BCUT2D eigenvalue weighted by Gasteiger charge is 2.20.